The van der Waals surface area contributed by atoms with Gasteiger partial charge in [-0.3, -0.25) is 9.59 Å². The quantitative estimate of drug-likeness (QED) is 0.897. The van der Waals surface area contributed by atoms with Crippen molar-refractivity contribution >= 4 is 40.3 Å². The first kappa shape index (κ1) is 15.1. The summed E-state index contributed by atoms with van der Waals surface area (Å²) in [6.45, 7) is 0. The van der Waals surface area contributed by atoms with Crippen LogP contribution in [0.5, 0.6) is 0 Å². The number of nitrogens with one attached hydrogen (secondary N) is 1. The SMILES string of the molecule is O=C(O)c1cccc(N[C@@H]2SC(=O)N(c3ccccc3)C2=O)c1. The van der Waals surface area contributed by atoms with E-state index in [2.05, 4.69) is 5.32 Å². The van der Waals surface area contributed by atoms with Crippen LogP contribution in [-0.2, 0) is 4.79 Å². The van der Waals surface area contributed by atoms with Crippen LogP contribution in [0.25, 0.3) is 0 Å². The standard InChI is InChI=1S/C16H12N2O4S/c19-14-13(17-11-6-4-5-10(9-11)15(20)21)23-16(22)18(14)12-7-2-1-3-8-12/h1-9,13,17H,(H,20,21)/t13-/m1/s1. The van der Waals surface area contributed by atoms with Gasteiger partial charge in [0.1, 0.15) is 0 Å². The molecular weight excluding hydrogens is 316 g/mol. The molecule has 23 heavy (non-hydrogen) atoms. The van der Waals surface area contributed by atoms with Gasteiger partial charge in [-0.25, -0.2) is 9.69 Å². The average molecular weight is 328 g/mol. The lowest BCUT2D eigenvalue weighted by atomic mass is 10.2. The van der Waals surface area contributed by atoms with Crippen LogP contribution in [0.2, 0.25) is 0 Å². The Morgan fingerprint density at radius 1 is 1.09 bits per heavy atom. The monoisotopic (exact) mass is 328 g/mol. The number of aromatic carboxylic acids is 1. The van der Waals surface area contributed by atoms with Crippen molar-refractivity contribution in [2.45, 2.75) is 5.37 Å². The van der Waals surface area contributed by atoms with Crippen molar-refractivity contribution in [1.82, 2.24) is 0 Å². The van der Waals surface area contributed by atoms with Crippen LogP contribution in [-0.4, -0.2) is 27.6 Å². The van der Waals surface area contributed by atoms with Crippen LogP contribution >= 0.6 is 11.8 Å². The van der Waals surface area contributed by atoms with Gasteiger partial charge in [-0.15, -0.1) is 0 Å². The zero-order valence-corrected chi connectivity index (χ0v) is 12.6. The number of hydrogen-bond donors (Lipinski definition) is 2. The first-order valence-corrected chi connectivity index (χ1v) is 7.64. The number of imide groups is 1. The number of benzene rings is 2. The third-order valence-corrected chi connectivity index (χ3v) is 4.21. The highest BCUT2D eigenvalue weighted by atomic mass is 32.2. The van der Waals surface area contributed by atoms with Gasteiger partial charge >= 0.3 is 5.97 Å². The highest BCUT2D eigenvalue weighted by Gasteiger charge is 2.40. The van der Waals surface area contributed by atoms with E-state index in [0.29, 0.717) is 11.4 Å². The second-order valence-electron chi connectivity index (χ2n) is 4.80. The number of hydrogen-bond acceptors (Lipinski definition) is 5. The molecule has 2 amide bonds. The van der Waals surface area contributed by atoms with E-state index < -0.39 is 11.3 Å². The Kier molecular flexibility index (Phi) is 4.03. The molecule has 7 heteroatoms. The average Bonchev–Trinajstić information content (AvgIpc) is 2.82. The van der Waals surface area contributed by atoms with Crippen molar-refractivity contribution in [3.63, 3.8) is 0 Å². The fourth-order valence-corrected chi connectivity index (χ4v) is 3.11. The van der Waals surface area contributed by atoms with Gasteiger partial charge in [0, 0.05) is 5.69 Å². The van der Waals surface area contributed by atoms with E-state index >= 15 is 0 Å². The molecule has 2 aromatic rings. The van der Waals surface area contributed by atoms with E-state index in [-0.39, 0.29) is 16.7 Å². The molecule has 0 aliphatic carbocycles. The summed E-state index contributed by atoms with van der Waals surface area (Å²) in [7, 11) is 0. The zero-order chi connectivity index (χ0) is 16.4. The number of rotatable bonds is 4. The van der Waals surface area contributed by atoms with E-state index in [1.807, 2.05) is 0 Å². The van der Waals surface area contributed by atoms with Crippen LogP contribution in [0.1, 0.15) is 10.4 Å². The van der Waals surface area contributed by atoms with Gasteiger partial charge in [0.2, 0.25) is 0 Å². The Bertz CT molecular complexity index is 779. The van der Waals surface area contributed by atoms with E-state index in [0.717, 1.165) is 16.7 Å². The summed E-state index contributed by atoms with van der Waals surface area (Å²) in [5, 5.41) is 10.7. The minimum absolute atomic E-state index is 0.108. The molecule has 1 atom stereocenters. The minimum atomic E-state index is -1.05. The summed E-state index contributed by atoms with van der Waals surface area (Å²) >= 11 is 0.865. The first-order valence-electron chi connectivity index (χ1n) is 6.76. The lowest BCUT2D eigenvalue weighted by Gasteiger charge is -2.15. The van der Waals surface area contributed by atoms with Crippen molar-refractivity contribution in [2.24, 2.45) is 0 Å². The summed E-state index contributed by atoms with van der Waals surface area (Å²) in [5.74, 6) is -1.44. The molecular formula is C16H12N2O4S. The van der Waals surface area contributed by atoms with Gasteiger partial charge in [-0.05, 0) is 42.1 Å². The van der Waals surface area contributed by atoms with Gasteiger partial charge in [0.15, 0.2) is 5.37 Å². The molecule has 1 aliphatic heterocycles. The number of amides is 2. The number of para-hydroxylation sites is 1. The topological polar surface area (TPSA) is 86.7 Å². The second-order valence-corrected chi connectivity index (χ2v) is 5.86. The van der Waals surface area contributed by atoms with Crippen LogP contribution < -0.4 is 10.2 Å². The van der Waals surface area contributed by atoms with Crippen LogP contribution in [0, 0.1) is 0 Å². The van der Waals surface area contributed by atoms with Crippen molar-refractivity contribution in [2.75, 3.05) is 10.2 Å². The van der Waals surface area contributed by atoms with Crippen LogP contribution in [0.4, 0.5) is 16.2 Å². The summed E-state index contributed by atoms with van der Waals surface area (Å²) in [5.41, 5.74) is 1.09. The van der Waals surface area contributed by atoms with Gasteiger partial charge in [-0.2, -0.15) is 0 Å². The number of anilines is 2. The van der Waals surface area contributed by atoms with Crippen molar-refractivity contribution < 1.29 is 19.5 Å². The molecule has 1 aliphatic rings. The van der Waals surface area contributed by atoms with Gasteiger partial charge < -0.3 is 10.4 Å². The number of carbonyl (C=O) groups is 3. The molecule has 0 unspecified atom stereocenters. The summed E-state index contributed by atoms with van der Waals surface area (Å²) in [4.78, 5) is 36.6. The number of carbonyl (C=O) groups excluding carboxylic acids is 2. The maximum Gasteiger partial charge on any atom is 0.335 e. The predicted octanol–water partition coefficient (Wildman–Crippen LogP) is 3.02. The number of carboxylic acids is 1. The van der Waals surface area contributed by atoms with Gasteiger partial charge in [0.05, 0.1) is 11.3 Å². The molecule has 1 fully saturated rings. The summed E-state index contributed by atoms with van der Waals surface area (Å²) < 4.78 is 0. The first-order chi connectivity index (χ1) is 11.1. The predicted molar refractivity (Wildman–Crippen MR) is 87.7 cm³/mol. The van der Waals surface area contributed by atoms with Crippen molar-refractivity contribution in [3.05, 3.63) is 60.2 Å². The molecule has 0 radical (unpaired) electrons. The Balaban J connectivity index is 1.80. The molecule has 3 rings (SSSR count). The Hall–Kier alpha value is -2.80. The van der Waals surface area contributed by atoms with Crippen LogP contribution in [0.3, 0.4) is 0 Å². The van der Waals surface area contributed by atoms with E-state index in [9.17, 15) is 14.4 Å². The molecule has 0 aromatic heterocycles. The largest absolute Gasteiger partial charge is 0.478 e. The molecule has 6 nitrogen and oxygen atoms in total. The number of nitrogens with zero attached hydrogens (tertiary/aromatic N) is 1. The molecule has 1 saturated heterocycles. The minimum Gasteiger partial charge on any atom is -0.478 e. The summed E-state index contributed by atoms with van der Waals surface area (Å²) in [6, 6.07) is 14.8. The van der Waals surface area contributed by atoms with Crippen LogP contribution in [0.15, 0.2) is 54.6 Å². The highest BCUT2D eigenvalue weighted by Crippen LogP contribution is 2.32. The third-order valence-electron chi connectivity index (χ3n) is 3.27. The molecule has 0 spiro atoms. The zero-order valence-electron chi connectivity index (χ0n) is 11.8. The molecule has 116 valence electrons. The van der Waals surface area contributed by atoms with Crippen molar-refractivity contribution in [3.8, 4) is 0 Å². The highest BCUT2D eigenvalue weighted by molar-refractivity contribution is 8.16. The molecule has 2 N–H and O–H groups in total. The Labute approximate surface area is 136 Å². The fraction of sp³-hybridized carbons (Fsp3) is 0.0625. The maximum absolute atomic E-state index is 12.4. The molecule has 0 saturated carbocycles. The third kappa shape index (κ3) is 3.04. The van der Waals surface area contributed by atoms with Gasteiger partial charge in [-0.1, -0.05) is 24.3 Å². The van der Waals surface area contributed by atoms with Crippen molar-refractivity contribution in [1.29, 1.82) is 0 Å². The van der Waals surface area contributed by atoms with Gasteiger partial charge in [0.25, 0.3) is 11.1 Å². The molecule has 0 bridgehead atoms. The lowest BCUT2D eigenvalue weighted by molar-refractivity contribution is -0.116. The molecule has 2 aromatic carbocycles. The number of carboxylic acid groups (broad SMARTS) is 1. The molecule has 1 heterocycles. The maximum atomic E-state index is 12.4. The van der Waals surface area contributed by atoms with E-state index in [4.69, 9.17) is 5.11 Å². The summed E-state index contributed by atoms with van der Waals surface area (Å²) in [6.07, 6.45) is 0. The second kappa shape index (κ2) is 6.13. The van der Waals surface area contributed by atoms with E-state index in [1.165, 1.54) is 12.1 Å². The number of thioether (sulfide) groups is 1. The Morgan fingerprint density at radius 3 is 2.52 bits per heavy atom. The van der Waals surface area contributed by atoms with E-state index in [1.54, 1.807) is 42.5 Å². The normalized spacial score (nSPS) is 17.4. The smallest absolute Gasteiger partial charge is 0.335 e. The lowest BCUT2D eigenvalue weighted by Crippen LogP contribution is -2.34. The fourth-order valence-electron chi connectivity index (χ4n) is 2.21. The Morgan fingerprint density at radius 2 is 1.83 bits per heavy atom.